The van der Waals surface area contributed by atoms with Gasteiger partial charge in [0.2, 0.25) is 0 Å². The van der Waals surface area contributed by atoms with Crippen LogP contribution in [-0.4, -0.2) is 54.2 Å². The van der Waals surface area contributed by atoms with Crippen LogP contribution in [0.1, 0.15) is 12.6 Å². The van der Waals surface area contributed by atoms with Gasteiger partial charge in [0.05, 0.1) is 6.33 Å². The second-order valence-corrected chi connectivity index (χ2v) is 8.19. The van der Waals surface area contributed by atoms with Gasteiger partial charge in [-0.2, -0.15) is 0 Å². The molecule has 1 aliphatic heterocycles. The van der Waals surface area contributed by atoms with Crippen molar-refractivity contribution in [2.24, 2.45) is 0 Å². The molecule has 1 saturated heterocycles. The van der Waals surface area contributed by atoms with Gasteiger partial charge in [-0.25, -0.2) is 19.7 Å². The van der Waals surface area contributed by atoms with E-state index in [2.05, 4.69) is 30.1 Å². The fraction of sp³-hybridized carbons (Fsp3) is 0.294. The molecule has 14 nitrogen and oxygen atoms in total. The molecule has 1 fully saturated rings. The number of amides is 2. The van der Waals surface area contributed by atoms with Crippen molar-refractivity contribution in [1.82, 2.24) is 19.5 Å². The van der Waals surface area contributed by atoms with Crippen LogP contribution in [0.3, 0.4) is 0 Å². The highest BCUT2D eigenvalue weighted by molar-refractivity contribution is 7.32. The Bertz CT molecular complexity index is 1180. The number of nitrogens with one attached hydrogen (secondary N) is 2. The average Bonchev–Trinajstić information content (AvgIpc) is 3.37. The molecule has 3 aromatic rings. The molecule has 3 heterocycles. The van der Waals surface area contributed by atoms with Crippen LogP contribution in [0.2, 0.25) is 0 Å². The highest BCUT2D eigenvalue weighted by Crippen LogP contribution is 2.37. The molecule has 1 aliphatic rings. The van der Waals surface area contributed by atoms with E-state index in [0.717, 1.165) is 0 Å². The van der Waals surface area contributed by atoms with Crippen molar-refractivity contribution in [3.05, 3.63) is 43.0 Å². The lowest BCUT2D eigenvalue weighted by molar-refractivity contribution is -0.0347. The number of carbonyl (C=O) groups excluding carboxylic acids is 1. The van der Waals surface area contributed by atoms with E-state index in [0.29, 0.717) is 11.3 Å². The molecule has 1 aromatic carbocycles. The van der Waals surface area contributed by atoms with Crippen molar-refractivity contribution < 1.29 is 37.5 Å². The summed E-state index contributed by atoms with van der Waals surface area (Å²) in [4.78, 5) is 42.9. The summed E-state index contributed by atoms with van der Waals surface area (Å²) in [5.74, 6) is 0.161. The van der Waals surface area contributed by atoms with Gasteiger partial charge < -0.3 is 10.1 Å². The van der Waals surface area contributed by atoms with Crippen LogP contribution >= 0.6 is 16.5 Å². The molecule has 0 saturated carbocycles. The second kappa shape index (κ2) is 10.3. The molecule has 0 radical (unpaired) electrons. The van der Waals surface area contributed by atoms with Gasteiger partial charge in [0.25, 0.3) is 0 Å². The third-order valence-electron chi connectivity index (χ3n) is 4.69. The zero-order valence-corrected chi connectivity index (χ0v) is 18.5. The standard InChI is InChI=1S/C17H16N6O8P2/c24-17(21-10-4-2-1-3-5-10)22-15-14-16(19-8-18-15)23(9-20-14)13-6-11(31-33(27)28)12(30-13)7-29-32(25)26/h1-5,8-9,11-13H,6-7H2,(H2-2,18,19,21,22,24,25,26,27,28)/p+2/t11-,12+,13+/m0/s1. The maximum atomic E-state index is 12.3. The third kappa shape index (κ3) is 5.70. The Hall–Kier alpha value is -2.96. The van der Waals surface area contributed by atoms with E-state index >= 15 is 0 Å². The lowest BCUT2D eigenvalue weighted by atomic mass is 10.2. The van der Waals surface area contributed by atoms with Gasteiger partial charge in [0.15, 0.2) is 17.0 Å². The fourth-order valence-corrected chi connectivity index (χ4v) is 4.06. The van der Waals surface area contributed by atoms with Crippen molar-refractivity contribution >= 4 is 45.2 Å². The van der Waals surface area contributed by atoms with Crippen LogP contribution in [0.15, 0.2) is 43.0 Å². The van der Waals surface area contributed by atoms with Crippen LogP contribution in [0.4, 0.5) is 16.3 Å². The lowest BCUT2D eigenvalue weighted by Gasteiger charge is -2.13. The van der Waals surface area contributed by atoms with Crippen molar-refractivity contribution in [2.75, 3.05) is 17.2 Å². The van der Waals surface area contributed by atoms with Crippen molar-refractivity contribution in [2.45, 2.75) is 24.9 Å². The minimum atomic E-state index is -2.94. The monoisotopic (exact) mass is 496 g/mol. The minimum absolute atomic E-state index is 0.116. The fourth-order valence-electron chi connectivity index (χ4n) is 3.33. The van der Waals surface area contributed by atoms with Gasteiger partial charge in [0, 0.05) is 21.2 Å². The number of aromatic nitrogens is 4. The van der Waals surface area contributed by atoms with Gasteiger partial charge in [-0.1, -0.05) is 18.2 Å². The SMILES string of the molecule is O=C(Nc1ccccc1)Nc1ncnc2c1ncn2[C@H]1C[C@H](O[P+](=O)O)[C@@H](CO[P+](=O)O)O1. The van der Waals surface area contributed by atoms with Crippen LogP contribution < -0.4 is 10.6 Å². The third-order valence-corrected chi connectivity index (χ3v) is 5.51. The number of benzene rings is 1. The molecule has 2 amide bonds. The second-order valence-electron chi connectivity index (χ2n) is 6.77. The maximum absolute atomic E-state index is 12.3. The Morgan fingerprint density at radius 3 is 2.67 bits per heavy atom. The molecule has 16 heteroatoms. The number of hydrogen-bond acceptors (Lipinski definition) is 9. The number of imidazole rings is 1. The molecular formula is C17H18N6O8P2+2. The Labute approximate surface area is 187 Å². The minimum Gasteiger partial charge on any atom is -0.349 e. The summed E-state index contributed by atoms with van der Waals surface area (Å²) >= 11 is 0. The number of carbonyl (C=O) groups is 1. The first-order valence-corrected chi connectivity index (χ1v) is 11.7. The summed E-state index contributed by atoms with van der Waals surface area (Å²) in [5.41, 5.74) is 1.21. The molecular weight excluding hydrogens is 478 g/mol. The Balaban J connectivity index is 1.52. The number of hydrogen-bond donors (Lipinski definition) is 4. The lowest BCUT2D eigenvalue weighted by Crippen LogP contribution is -2.26. The summed E-state index contributed by atoms with van der Waals surface area (Å²) in [6, 6.07) is 8.32. The zero-order valence-electron chi connectivity index (χ0n) is 16.7. The summed E-state index contributed by atoms with van der Waals surface area (Å²) in [7, 11) is -5.82. The van der Waals surface area contributed by atoms with Crippen LogP contribution in [0, 0.1) is 0 Å². The van der Waals surface area contributed by atoms with E-state index in [1.807, 2.05) is 6.07 Å². The van der Waals surface area contributed by atoms with Crippen molar-refractivity contribution in [1.29, 1.82) is 0 Å². The largest absolute Gasteiger partial charge is 0.695 e. The van der Waals surface area contributed by atoms with E-state index < -0.39 is 41.0 Å². The van der Waals surface area contributed by atoms with E-state index in [1.54, 1.807) is 24.3 Å². The Morgan fingerprint density at radius 2 is 1.94 bits per heavy atom. The molecule has 0 spiro atoms. The number of anilines is 2. The predicted octanol–water partition coefficient (Wildman–Crippen LogP) is 2.46. The molecule has 4 N–H and O–H groups in total. The first kappa shape index (κ1) is 23.2. The topological polar surface area (TPSA) is 187 Å². The van der Waals surface area contributed by atoms with E-state index in [1.165, 1.54) is 17.2 Å². The van der Waals surface area contributed by atoms with Gasteiger partial charge in [0.1, 0.15) is 31.4 Å². The maximum Gasteiger partial charge on any atom is 0.695 e. The summed E-state index contributed by atoms with van der Waals surface area (Å²) in [6.07, 6.45) is 0.262. The highest BCUT2D eigenvalue weighted by Gasteiger charge is 2.44. The van der Waals surface area contributed by atoms with E-state index in [4.69, 9.17) is 19.0 Å². The molecule has 0 aliphatic carbocycles. The number of para-hydroxylation sites is 1. The summed E-state index contributed by atoms with van der Waals surface area (Å²) in [6.45, 7) is -0.329. The quantitative estimate of drug-likeness (QED) is 0.336. The zero-order chi connectivity index (χ0) is 23.4. The first-order chi connectivity index (χ1) is 15.9. The van der Waals surface area contributed by atoms with Gasteiger partial charge in [-0.3, -0.25) is 9.88 Å². The predicted molar refractivity (Wildman–Crippen MR) is 113 cm³/mol. The van der Waals surface area contributed by atoms with Crippen LogP contribution in [-0.2, 0) is 22.9 Å². The summed E-state index contributed by atoms with van der Waals surface area (Å²) in [5, 5.41) is 5.29. The van der Waals surface area contributed by atoms with Gasteiger partial charge >= 0.3 is 22.5 Å². The van der Waals surface area contributed by atoms with Crippen LogP contribution in [0.5, 0.6) is 0 Å². The van der Waals surface area contributed by atoms with E-state index in [9.17, 15) is 13.9 Å². The number of ether oxygens (including phenoxy) is 1. The van der Waals surface area contributed by atoms with Crippen molar-refractivity contribution in [3.8, 4) is 0 Å². The number of nitrogens with zero attached hydrogens (tertiary/aromatic N) is 4. The summed E-state index contributed by atoms with van der Waals surface area (Å²) < 4.78 is 39.0. The molecule has 2 unspecified atom stereocenters. The van der Waals surface area contributed by atoms with Crippen molar-refractivity contribution in [3.63, 3.8) is 0 Å². The van der Waals surface area contributed by atoms with Gasteiger partial charge in [-0.05, 0) is 12.1 Å². The van der Waals surface area contributed by atoms with E-state index in [-0.39, 0.29) is 24.4 Å². The molecule has 172 valence electrons. The molecule has 33 heavy (non-hydrogen) atoms. The highest BCUT2D eigenvalue weighted by atomic mass is 31.1. The van der Waals surface area contributed by atoms with Crippen LogP contribution in [0.25, 0.3) is 11.2 Å². The van der Waals surface area contributed by atoms with Gasteiger partial charge in [-0.15, -0.1) is 18.8 Å². The number of rotatable bonds is 8. The normalized spacial score (nSPS) is 21.1. The Morgan fingerprint density at radius 1 is 1.15 bits per heavy atom. The number of fused-ring (bicyclic) bond motifs is 1. The molecule has 2 aromatic heterocycles. The molecule has 0 bridgehead atoms. The Kier molecular flexibility index (Phi) is 7.26. The average molecular weight is 496 g/mol. The smallest absolute Gasteiger partial charge is 0.349 e. The molecule has 4 rings (SSSR count). The number of urea groups is 1. The first-order valence-electron chi connectivity index (χ1n) is 9.48. The molecule has 5 atom stereocenters.